The fourth-order valence-electron chi connectivity index (χ4n) is 0.650. The standard InChI is InChI=1S/C9H13NO2/c1-4-6-8(7-12-10-3)9(11)5-2/h4-6,11H,1,3,7H2,2H3/b8-6-,9-5+. The van der Waals surface area contributed by atoms with Crippen LogP contribution in [0.4, 0.5) is 0 Å². The lowest BCUT2D eigenvalue weighted by molar-refractivity contribution is 0.167. The lowest BCUT2D eigenvalue weighted by Gasteiger charge is -2.03. The van der Waals surface area contributed by atoms with Crippen LogP contribution in [0.25, 0.3) is 0 Å². The zero-order valence-corrected chi connectivity index (χ0v) is 7.16. The van der Waals surface area contributed by atoms with Gasteiger partial charge in [0.05, 0.1) is 0 Å². The highest BCUT2D eigenvalue weighted by Crippen LogP contribution is 2.06. The van der Waals surface area contributed by atoms with E-state index >= 15 is 0 Å². The maximum atomic E-state index is 9.28. The van der Waals surface area contributed by atoms with Crippen LogP contribution in [0.5, 0.6) is 0 Å². The molecule has 0 saturated heterocycles. The summed E-state index contributed by atoms with van der Waals surface area (Å²) in [6.45, 7) is 8.59. The van der Waals surface area contributed by atoms with Crippen LogP contribution >= 0.6 is 0 Å². The lowest BCUT2D eigenvalue weighted by atomic mass is 10.2. The molecule has 0 heterocycles. The first-order chi connectivity index (χ1) is 5.76. The van der Waals surface area contributed by atoms with E-state index in [1.165, 1.54) is 0 Å². The van der Waals surface area contributed by atoms with Gasteiger partial charge in [-0.3, -0.25) is 0 Å². The first kappa shape index (κ1) is 10.5. The maximum Gasteiger partial charge on any atom is 0.145 e. The second-order valence-electron chi connectivity index (χ2n) is 2.00. The second-order valence-corrected chi connectivity index (χ2v) is 2.00. The fraction of sp³-hybridized carbons (Fsp3) is 0.222. The topological polar surface area (TPSA) is 41.8 Å². The number of hydrogen-bond acceptors (Lipinski definition) is 3. The molecule has 0 fully saturated rings. The Hall–Kier alpha value is -1.51. The third-order valence-electron chi connectivity index (χ3n) is 1.23. The number of oxime groups is 1. The van der Waals surface area contributed by atoms with Gasteiger partial charge in [0, 0.05) is 12.3 Å². The number of rotatable bonds is 5. The first-order valence-corrected chi connectivity index (χ1v) is 3.51. The molecule has 0 aromatic heterocycles. The Kier molecular flexibility index (Phi) is 5.43. The van der Waals surface area contributed by atoms with Crippen LogP contribution < -0.4 is 0 Å². The molecule has 0 amide bonds. The Balaban J connectivity index is 4.33. The van der Waals surface area contributed by atoms with Crippen LogP contribution in [0.2, 0.25) is 0 Å². The number of aliphatic hydroxyl groups excluding tert-OH is 1. The van der Waals surface area contributed by atoms with E-state index in [4.69, 9.17) is 0 Å². The third-order valence-corrected chi connectivity index (χ3v) is 1.23. The van der Waals surface area contributed by atoms with E-state index in [2.05, 4.69) is 23.3 Å². The van der Waals surface area contributed by atoms with Crippen molar-refractivity contribution in [2.75, 3.05) is 6.61 Å². The Labute approximate surface area is 72.3 Å². The van der Waals surface area contributed by atoms with E-state index in [1.54, 1.807) is 25.2 Å². The highest BCUT2D eigenvalue weighted by molar-refractivity contribution is 5.28. The molecule has 0 radical (unpaired) electrons. The van der Waals surface area contributed by atoms with Crippen molar-refractivity contribution >= 4 is 6.72 Å². The molecule has 0 aliphatic heterocycles. The van der Waals surface area contributed by atoms with Gasteiger partial charge >= 0.3 is 0 Å². The van der Waals surface area contributed by atoms with Gasteiger partial charge in [-0.25, -0.2) is 0 Å². The minimum Gasteiger partial charge on any atom is -0.508 e. The van der Waals surface area contributed by atoms with Crippen LogP contribution in [0.1, 0.15) is 6.92 Å². The third kappa shape index (κ3) is 3.61. The van der Waals surface area contributed by atoms with Gasteiger partial charge in [0.15, 0.2) is 0 Å². The van der Waals surface area contributed by atoms with Gasteiger partial charge in [0.2, 0.25) is 0 Å². The van der Waals surface area contributed by atoms with E-state index in [1.807, 2.05) is 0 Å². The van der Waals surface area contributed by atoms with E-state index in [0.717, 1.165) is 0 Å². The summed E-state index contributed by atoms with van der Waals surface area (Å²) in [6.07, 6.45) is 4.80. The Morgan fingerprint density at radius 2 is 2.33 bits per heavy atom. The average molecular weight is 167 g/mol. The largest absolute Gasteiger partial charge is 0.508 e. The molecule has 0 bridgehead atoms. The zero-order chi connectivity index (χ0) is 9.40. The molecule has 0 spiro atoms. The highest BCUT2D eigenvalue weighted by atomic mass is 16.6. The van der Waals surface area contributed by atoms with Crippen molar-refractivity contribution in [3.05, 3.63) is 36.1 Å². The van der Waals surface area contributed by atoms with Crippen molar-refractivity contribution in [1.82, 2.24) is 0 Å². The lowest BCUT2D eigenvalue weighted by Crippen LogP contribution is -1.96. The van der Waals surface area contributed by atoms with Crippen molar-refractivity contribution < 1.29 is 9.94 Å². The predicted molar refractivity (Wildman–Crippen MR) is 50.2 cm³/mol. The highest BCUT2D eigenvalue weighted by Gasteiger charge is 2.00. The molecule has 3 heteroatoms. The summed E-state index contributed by atoms with van der Waals surface area (Å²) in [7, 11) is 0. The van der Waals surface area contributed by atoms with Crippen LogP contribution in [-0.4, -0.2) is 18.4 Å². The molecule has 12 heavy (non-hydrogen) atoms. The molecule has 3 nitrogen and oxygen atoms in total. The van der Waals surface area contributed by atoms with Crippen molar-refractivity contribution in [2.24, 2.45) is 5.16 Å². The van der Waals surface area contributed by atoms with Gasteiger partial charge in [-0.1, -0.05) is 18.7 Å². The summed E-state index contributed by atoms with van der Waals surface area (Å²) >= 11 is 0. The van der Waals surface area contributed by atoms with Crippen molar-refractivity contribution in [3.8, 4) is 0 Å². The molecule has 0 aromatic rings. The van der Waals surface area contributed by atoms with Crippen molar-refractivity contribution in [3.63, 3.8) is 0 Å². The smallest absolute Gasteiger partial charge is 0.145 e. The number of allylic oxidation sites excluding steroid dienone is 3. The van der Waals surface area contributed by atoms with Gasteiger partial charge in [0.25, 0.3) is 0 Å². The van der Waals surface area contributed by atoms with Crippen LogP contribution in [0.15, 0.2) is 41.3 Å². The molecule has 0 aliphatic carbocycles. The average Bonchev–Trinajstić information content (AvgIpc) is 2.11. The monoisotopic (exact) mass is 167 g/mol. The van der Waals surface area contributed by atoms with E-state index in [0.29, 0.717) is 5.57 Å². The minimum absolute atomic E-state index is 0.165. The second kappa shape index (κ2) is 6.22. The SMILES string of the molecule is C=C/C=C(CON=C)\C(O)=C/C. The molecule has 0 rings (SSSR count). The predicted octanol–water partition coefficient (Wildman–Crippen LogP) is 2.19. The molecular weight excluding hydrogens is 154 g/mol. The molecule has 0 unspecified atom stereocenters. The normalized spacial score (nSPS) is 12.4. The van der Waals surface area contributed by atoms with Crippen molar-refractivity contribution in [2.45, 2.75) is 6.92 Å². The summed E-state index contributed by atoms with van der Waals surface area (Å²) in [5.41, 5.74) is 0.625. The van der Waals surface area contributed by atoms with E-state index < -0.39 is 0 Å². The summed E-state index contributed by atoms with van der Waals surface area (Å²) in [5.74, 6) is 0.165. The Morgan fingerprint density at radius 3 is 2.75 bits per heavy atom. The minimum atomic E-state index is 0.165. The van der Waals surface area contributed by atoms with Crippen LogP contribution in [0.3, 0.4) is 0 Å². The zero-order valence-electron chi connectivity index (χ0n) is 7.16. The van der Waals surface area contributed by atoms with Gasteiger partial charge < -0.3 is 9.94 Å². The fourth-order valence-corrected chi connectivity index (χ4v) is 0.650. The van der Waals surface area contributed by atoms with E-state index in [-0.39, 0.29) is 12.4 Å². The first-order valence-electron chi connectivity index (χ1n) is 3.51. The molecule has 0 aromatic carbocycles. The molecule has 66 valence electrons. The maximum absolute atomic E-state index is 9.28. The Morgan fingerprint density at radius 1 is 1.67 bits per heavy atom. The summed E-state index contributed by atoms with van der Waals surface area (Å²) in [5, 5.41) is 12.5. The van der Waals surface area contributed by atoms with Gasteiger partial charge in [-0.2, -0.15) is 0 Å². The van der Waals surface area contributed by atoms with E-state index in [9.17, 15) is 5.11 Å². The quantitative estimate of drug-likeness (QED) is 0.295. The number of nitrogens with zero attached hydrogens (tertiary/aromatic N) is 1. The number of aliphatic hydroxyl groups is 1. The molecule has 1 N–H and O–H groups in total. The van der Waals surface area contributed by atoms with Crippen LogP contribution in [-0.2, 0) is 4.84 Å². The summed E-state index contributed by atoms with van der Waals surface area (Å²) < 4.78 is 0. The molecular formula is C9H13NO2. The molecule has 0 saturated carbocycles. The van der Waals surface area contributed by atoms with Crippen LogP contribution in [0, 0.1) is 0 Å². The Bertz CT molecular complexity index is 217. The summed E-state index contributed by atoms with van der Waals surface area (Å²) in [6, 6.07) is 0. The number of hydrogen-bond donors (Lipinski definition) is 1. The molecule has 0 aliphatic rings. The van der Waals surface area contributed by atoms with Gasteiger partial charge in [0.1, 0.15) is 12.4 Å². The van der Waals surface area contributed by atoms with Gasteiger partial charge in [-0.15, -0.1) is 5.16 Å². The molecule has 0 atom stereocenters. The van der Waals surface area contributed by atoms with Gasteiger partial charge in [-0.05, 0) is 13.0 Å². The van der Waals surface area contributed by atoms with Crippen molar-refractivity contribution in [1.29, 1.82) is 0 Å². The summed E-state index contributed by atoms with van der Waals surface area (Å²) in [4.78, 5) is 4.67.